The predicted molar refractivity (Wildman–Crippen MR) is 72.7 cm³/mol. The molecule has 0 atom stereocenters. The van der Waals surface area contributed by atoms with Crippen LogP contribution in [0.3, 0.4) is 0 Å². The Bertz CT molecular complexity index is 558. The Morgan fingerprint density at radius 3 is 2.84 bits per heavy atom. The third kappa shape index (κ3) is 3.87. The van der Waals surface area contributed by atoms with Gasteiger partial charge >= 0.3 is 0 Å². The van der Waals surface area contributed by atoms with Crippen LogP contribution in [0.4, 0.5) is 5.82 Å². The smallest absolute Gasteiger partial charge is 0.154 e. The van der Waals surface area contributed by atoms with E-state index in [1.807, 2.05) is 0 Å². The normalized spacial score (nSPS) is 15.1. The molecule has 19 heavy (non-hydrogen) atoms. The molecule has 0 saturated carbocycles. The minimum atomic E-state index is -3.13. The number of anilines is 1. The summed E-state index contributed by atoms with van der Waals surface area (Å²) in [5, 5.41) is 3.22. The molecule has 0 amide bonds. The summed E-state index contributed by atoms with van der Waals surface area (Å²) in [6, 6.07) is 0. The number of fused-ring (bicyclic) bond motifs is 1. The monoisotopic (exact) mass is 285 g/mol. The zero-order valence-electron chi connectivity index (χ0n) is 11.3. The molecule has 1 aromatic rings. The molecule has 2 heterocycles. The van der Waals surface area contributed by atoms with Gasteiger partial charge in [0.05, 0.1) is 18.9 Å². The number of nitrogens with one attached hydrogen (secondary N) is 1. The number of hydrogen-bond donors (Lipinski definition) is 1. The standard InChI is InChI=1S/C12H19N3O3S/c1-3-5-13-12-9-7-18-6-4-10(9)14-11(15-12)8-19(2,16)17/h3-8H2,1-2H3,(H,13,14,15). The summed E-state index contributed by atoms with van der Waals surface area (Å²) in [7, 11) is -3.13. The Kier molecular flexibility index (Phi) is 4.36. The molecule has 7 heteroatoms. The Balaban J connectivity index is 2.35. The van der Waals surface area contributed by atoms with Gasteiger partial charge in [0.1, 0.15) is 17.4 Å². The van der Waals surface area contributed by atoms with Gasteiger partial charge in [0.25, 0.3) is 0 Å². The molecule has 1 aliphatic rings. The van der Waals surface area contributed by atoms with Crippen LogP contribution < -0.4 is 5.32 Å². The van der Waals surface area contributed by atoms with Crippen LogP contribution in [-0.2, 0) is 33.4 Å². The summed E-state index contributed by atoms with van der Waals surface area (Å²) < 4.78 is 28.2. The van der Waals surface area contributed by atoms with Crippen molar-refractivity contribution >= 4 is 15.7 Å². The van der Waals surface area contributed by atoms with Gasteiger partial charge in [-0.05, 0) is 6.42 Å². The minimum Gasteiger partial charge on any atom is -0.376 e. The topological polar surface area (TPSA) is 81.2 Å². The molecule has 2 rings (SSSR count). The second kappa shape index (κ2) is 5.83. The fourth-order valence-electron chi connectivity index (χ4n) is 1.97. The van der Waals surface area contributed by atoms with Crippen molar-refractivity contribution in [2.24, 2.45) is 0 Å². The Morgan fingerprint density at radius 2 is 2.16 bits per heavy atom. The van der Waals surface area contributed by atoms with Crippen molar-refractivity contribution in [2.75, 3.05) is 24.7 Å². The third-order valence-electron chi connectivity index (χ3n) is 2.80. The van der Waals surface area contributed by atoms with Gasteiger partial charge in [0, 0.05) is 24.8 Å². The molecule has 1 aromatic heterocycles. The number of nitrogens with zero attached hydrogens (tertiary/aromatic N) is 2. The quantitative estimate of drug-likeness (QED) is 0.866. The van der Waals surface area contributed by atoms with Crippen molar-refractivity contribution in [3.63, 3.8) is 0 Å². The predicted octanol–water partition coefficient (Wildman–Crippen LogP) is 0.916. The summed E-state index contributed by atoms with van der Waals surface area (Å²) in [4.78, 5) is 8.68. The highest BCUT2D eigenvalue weighted by Crippen LogP contribution is 2.22. The molecule has 1 N–H and O–H groups in total. The van der Waals surface area contributed by atoms with Crippen LogP contribution in [0, 0.1) is 0 Å². The molecule has 0 fully saturated rings. The van der Waals surface area contributed by atoms with Crippen molar-refractivity contribution in [3.8, 4) is 0 Å². The molecule has 1 aliphatic heterocycles. The molecule has 0 aromatic carbocycles. The lowest BCUT2D eigenvalue weighted by Gasteiger charge is -2.20. The average molecular weight is 285 g/mol. The first-order chi connectivity index (χ1) is 8.99. The van der Waals surface area contributed by atoms with Crippen LogP contribution >= 0.6 is 0 Å². The van der Waals surface area contributed by atoms with E-state index in [0.717, 1.165) is 24.2 Å². The minimum absolute atomic E-state index is 0.123. The van der Waals surface area contributed by atoms with Crippen LogP contribution in [0.1, 0.15) is 30.4 Å². The van der Waals surface area contributed by atoms with Gasteiger partial charge in [-0.15, -0.1) is 0 Å². The second-order valence-corrected chi connectivity index (χ2v) is 6.85. The zero-order chi connectivity index (χ0) is 13.9. The molecule has 0 bridgehead atoms. The lowest BCUT2D eigenvalue weighted by Crippen LogP contribution is -2.19. The summed E-state index contributed by atoms with van der Waals surface area (Å²) >= 11 is 0. The van der Waals surface area contributed by atoms with Crippen LogP contribution in [0.5, 0.6) is 0 Å². The van der Waals surface area contributed by atoms with E-state index in [4.69, 9.17) is 4.74 Å². The lowest BCUT2D eigenvalue weighted by atomic mass is 10.1. The average Bonchev–Trinajstić information content (AvgIpc) is 2.34. The first-order valence-electron chi connectivity index (χ1n) is 6.37. The van der Waals surface area contributed by atoms with Gasteiger partial charge in [-0.3, -0.25) is 0 Å². The van der Waals surface area contributed by atoms with E-state index in [9.17, 15) is 8.42 Å². The summed E-state index contributed by atoms with van der Waals surface area (Å²) in [5.74, 6) is 0.953. The molecule has 0 saturated heterocycles. The highest BCUT2D eigenvalue weighted by atomic mass is 32.2. The van der Waals surface area contributed by atoms with Gasteiger partial charge in [-0.2, -0.15) is 0 Å². The maximum atomic E-state index is 11.4. The summed E-state index contributed by atoms with van der Waals surface area (Å²) in [6.07, 6.45) is 2.87. The van der Waals surface area contributed by atoms with Crippen molar-refractivity contribution in [1.29, 1.82) is 0 Å². The van der Waals surface area contributed by atoms with E-state index in [1.54, 1.807) is 0 Å². The number of ether oxygens (including phenoxy) is 1. The van der Waals surface area contributed by atoms with E-state index in [2.05, 4.69) is 22.2 Å². The second-order valence-electron chi connectivity index (χ2n) is 4.71. The molecular weight excluding hydrogens is 266 g/mol. The van der Waals surface area contributed by atoms with E-state index in [1.165, 1.54) is 6.26 Å². The maximum absolute atomic E-state index is 11.4. The summed E-state index contributed by atoms with van der Waals surface area (Å²) in [5.41, 5.74) is 1.86. The number of aromatic nitrogens is 2. The van der Waals surface area contributed by atoms with E-state index in [0.29, 0.717) is 31.3 Å². The largest absolute Gasteiger partial charge is 0.376 e. The Hall–Kier alpha value is -1.21. The van der Waals surface area contributed by atoms with Crippen molar-refractivity contribution in [1.82, 2.24) is 9.97 Å². The molecule has 0 aliphatic carbocycles. The van der Waals surface area contributed by atoms with Gasteiger partial charge < -0.3 is 10.1 Å². The van der Waals surface area contributed by atoms with Crippen molar-refractivity contribution in [3.05, 3.63) is 17.1 Å². The molecule has 6 nitrogen and oxygen atoms in total. The Labute approximate surface area is 113 Å². The molecule has 0 unspecified atom stereocenters. The number of hydrogen-bond acceptors (Lipinski definition) is 6. The zero-order valence-corrected chi connectivity index (χ0v) is 12.1. The fourth-order valence-corrected chi connectivity index (χ4v) is 2.57. The van der Waals surface area contributed by atoms with E-state index in [-0.39, 0.29) is 5.75 Å². The number of sulfone groups is 1. The van der Waals surface area contributed by atoms with E-state index < -0.39 is 9.84 Å². The fraction of sp³-hybridized carbons (Fsp3) is 0.667. The highest BCUT2D eigenvalue weighted by molar-refractivity contribution is 7.89. The van der Waals surface area contributed by atoms with Gasteiger partial charge in [0.2, 0.25) is 0 Å². The molecule has 0 radical (unpaired) electrons. The van der Waals surface area contributed by atoms with Crippen LogP contribution in [-0.4, -0.2) is 37.8 Å². The lowest BCUT2D eigenvalue weighted by molar-refractivity contribution is 0.109. The summed E-state index contributed by atoms with van der Waals surface area (Å²) in [6.45, 7) is 3.96. The molecular formula is C12H19N3O3S. The molecule has 0 spiro atoms. The van der Waals surface area contributed by atoms with Crippen molar-refractivity contribution < 1.29 is 13.2 Å². The van der Waals surface area contributed by atoms with E-state index >= 15 is 0 Å². The maximum Gasteiger partial charge on any atom is 0.154 e. The van der Waals surface area contributed by atoms with Crippen LogP contribution in [0.25, 0.3) is 0 Å². The highest BCUT2D eigenvalue weighted by Gasteiger charge is 2.19. The first-order valence-corrected chi connectivity index (χ1v) is 8.43. The van der Waals surface area contributed by atoms with Crippen LogP contribution in [0.2, 0.25) is 0 Å². The van der Waals surface area contributed by atoms with Crippen molar-refractivity contribution in [2.45, 2.75) is 32.1 Å². The van der Waals surface area contributed by atoms with Crippen LogP contribution in [0.15, 0.2) is 0 Å². The van der Waals surface area contributed by atoms with Gasteiger partial charge in [-0.1, -0.05) is 6.92 Å². The Morgan fingerprint density at radius 1 is 1.37 bits per heavy atom. The third-order valence-corrected chi connectivity index (χ3v) is 3.58. The first kappa shape index (κ1) is 14.2. The van der Waals surface area contributed by atoms with Gasteiger partial charge in [0.15, 0.2) is 9.84 Å². The number of rotatable bonds is 5. The SMILES string of the molecule is CCCNc1nc(CS(C)(=O)=O)nc2c1COCC2. The van der Waals surface area contributed by atoms with Gasteiger partial charge in [-0.25, -0.2) is 18.4 Å². The molecule has 106 valence electrons.